The number of aliphatic carboxylic acids is 1. The van der Waals surface area contributed by atoms with Gasteiger partial charge in [0, 0.05) is 52.5 Å². The number of ether oxygens (including phenoxy) is 1. The number of carboxylic acid groups (broad SMARTS) is 1. The van der Waals surface area contributed by atoms with Crippen molar-refractivity contribution in [1.29, 1.82) is 0 Å². The van der Waals surface area contributed by atoms with Crippen molar-refractivity contribution in [2.24, 2.45) is 4.99 Å². The molecule has 0 bridgehead atoms. The average Bonchev–Trinajstić information content (AvgIpc) is 3.55. The molecule has 0 amide bonds. The molecule has 0 saturated heterocycles. The minimum Gasteiger partial charge on any atom is -0.495 e. The molecule has 0 radical (unpaired) electrons. The van der Waals surface area contributed by atoms with Crippen molar-refractivity contribution in [1.82, 2.24) is 4.31 Å². The number of methoxy groups -OCH3 is 1. The predicted octanol–water partition coefficient (Wildman–Crippen LogP) is 7.58. The largest absolute Gasteiger partial charge is 0.495 e. The van der Waals surface area contributed by atoms with Gasteiger partial charge in [0.15, 0.2) is 17.6 Å². The molecule has 276 valence electrons. The Morgan fingerprint density at radius 2 is 1.79 bits per heavy atom. The van der Waals surface area contributed by atoms with Gasteiger partial charge < -0.3 is 14.7 Å². The van der Waals surface area contributed by atoms with Crippen LogP contribution in [-0.4, -0.2) is 61.2 Å². The summed E-state index contributed by atoms with van der Waals surface area (Å²) < 4.78 is 65.6. The molecule has 4 aromatic rings. The number of rotatable bonds is 14. The Morgan fingerprint density at radius 3 is 2.42 bits per heavy atom. The van der Waals surface area contributed by atoms with E-state index < -0.39 is 44.0 Å². The first-order valence-corrected chi connectivity index (χ1v) is 19.6. The van der Waals surface area contributed by atoms with Gasteiger partial charge in [0.25, 0.3) is 0 Å². The van der Waals surface area contributed by atoms with Crippen LogP contribution in [-0.2, 0) is 32.5 Å². The van der Waals surface area contributed by atoms with Gasteiger partial charge in [-0.2, -0.15) is 4.31 Å². The zero-order chi connectivity index (χ0) is 37.8. The number of benzene rings is 3. The highest BCUT2D eigenvalue weighted by Gasteiger charge is 2.42. The first kappa shape index (κ1) is 39.5. The van der Waals surface area contributed by atoms with E-state index in [0.717, 1.165) is 22.0 Å². The van der Waals surface area contributed by atoms with Crippen LogP contribution < -0.4 is 14.2 Å². The van der Waals surface area contributed by atoms with Crippen LogP contribution in [0.3, 0.4) is 0 Å². The van der Waals surface area contributed by atoms with Crippen molar-refractivity contribution >= 4 is 61.8 Å². The zero-order valence-electron chi connectivity index (χ0n) is 29.0. The highest BCUT2D eigenvalue weighted by molar-refractivity contribution is 8.13. The highest BCUT2D eigenvalue weighted by Crippen LogP contribution is 2.41. The van der Waals surface area contributed by atoms with Crippen molar-refractivity contribution in [2.45, 2.75) is 61.9 Å². The smallest absolute Gasteiger partial charge is 0.321 e. The van der Waals surface area contributed by atoms with Crippen molar-refractivity contribution in [3.05, 3.63) is 118 Å². The molecule has 1 aliphatic heterocycles. The molecule has 1 aliphatic rings. The molecule has 5 rings (SSSR count). The minimum atomic E-state index is -4.47. The van der Waals surface area contributed by atoms with Gasteiger partial charge in [-0.1, -0.05) is 60.9 Å². The van der Waals surface area contributed by atoms with E-state index in [-0.39, 0.29) is 28.9 Å². The lowest BCUT2D eigenvalue weighted by atomic mass is 9.77. The maximum atomic E-state index is 15.8. The summed E-state index contributed by atoms with van der Waals surface area (Å²) in [5.41, 5.74) is 1.13. The normalized spacial score (nSPS) is 15.5. The molecule has 2 atom stereocenters. The number of pyridine rings is 1. The lowest BCUT2D eigenvalue weighted by molar-refractivity contribution is -0.697. The number of amidine groups is 1. The number of carboxylic acids is 1. The summed E-state index contributed by atoms with van der Waals surface area (Å²) in [4.78, 5) is 18.3. The van der Waals surface area contributed by atoms with E-state index in [0.29, 0.717) is 41.1 Å². The summed E-state index contributed by atoms with van der Waals surface area (Å²) >= 11 is 14.1. The van der Waals surface area contributed by atoms with Crippen LogP contribution in [0.15, 0.2) is 95.1 Å². The molecule has 0 aliphatic carbocycles. The molecule has 52 heavy (non-hydrogen) atoms. The molecule has 2 heterocycles. The second-order valence-corrected chi connectivity index (χ2v) is 16.5. The van der Waals surface area contributed by atoms with E-state index in [9.17, 15) is 22.7 Å². The summed E-state index contributed by atoms with van der Waals surface area (Å²) in [6.45, 7) is 6.08. The molecular weight excluding hydrogens is 753 g/mol. The SMILES string of the molecule is COc1cc(C(C)(C)C2CN=C(SCc3c(F)cc(S(=O)(=O)N(CCC[n+]4ccccc4)[C@H](C)C(=O)O)cc3Cl)N2c2ccc(F)cc2)ccc1Cl. The maximum absolute atomic E-state index is 15.8. The van der Waals surface area contributed by atoms with Crippen molar-refractivity contribution in [3.63, 3.8) is 0 Å². The van der Waals surface area contributed by atoms with Crippen molar-refractivity contribution < 1.29 is 36.4 Å². The summed E-state index contributed by atoms with van der Waals surface area (Å²) in [6.07, 6.45) is 3.95. The number of thioether (sulfide) groups is 1. The molecule has 1 unspecified atom stereocenters. The van der Waals surface area contributed by atoms with Crippen LogP contribution in [0.1, 0.15) is 38.3 Å². The standard InChI is InChI=1S/C37H38Cl2F2N4O5S2/c1-24(35(46)47)44(18-8-17-43-15-6-5-7-16-43)52(48,49)28-20-31(39)29(32(41)21-28)23-51-36-42-22-34(45(36)27-12-10-26(40)11-13-27)37(2,3)25-9-14-30(38)33(19-25)50-4/h5-7,9-16,19-21,24,34H,8,17-18,22-23H2,1-4H3/p+1/t24-,34?/m1/s1. The Balaban J connectivity index is 1.39. The first-order chi connectivity index (χ1) is 24.6. The van der Waals surface area contributed by atoms with E-state index in [2.05, 4.69) is 13.8 Å². The fraction of sp³-hybridized carbons (Fsp3) is 0.324. The molecule has 0 saturated carbocycles. The number of hydrogen-bond acceptors (Lipinski definition) is 7. The number of anilines is 1. The van der Waals surface area contributed by atoms with Crippen LogP contribution in [0.25, 0.3) is 0 Å². The van der Waals surface area contributed by atoms with Crippen LogP contribution in [0.4, 0.5) is 14.5 Å². The van der Waals surface area contributed by atoms with Crippen LogP contribution in [0.2, 0.25) is 10.0 Å². The lowest BCUT2D eigenvalue weighted by Crippen LogP contribution is -2.48. The van der Waals surface area contributed by atoms with Gasteiger partial charge in [-0.25, -0.2) is 21.8 Å². The van der Waals surface area contributed by atoms with E-state index >= 15 is 4.39 Å². The maximum Gasteiger partial charge on any atom is 0.321 e. The number of sulfonamides is 1. The van der Waals surface area contributed by atoms with Crippen LogP contribution >= 0.6 is 35.0 Å². The second-order valence-electron chi connectivity index (χ2n) is 12.8. The van der Waals surface area contributed by atoms with Gasteiger partial charge in [-0.05, 0) is 61.0 Å². The molecule has 0 fully saturated rings. The van der Waals surface area contributed by atoms with Crippen LogP contribution in [0, 0.1) is 11.6 Å². The van der Waals surface area contributed by atoms with Crippen LogP contribution in [0.5, 0.6) is 5.75 Å². The Hall–Kier alpha value is -3.75. The lowest BCUT2D eigenvalue weighted by Gasteiger charge is -2.39. The van der Waals surface area contributed by atoms with E-state index in [1.807, 2.05) is 52.2 Å². The average molecular weight is 793 g/mol. The van der Waals surface area contributed by atoms with Gasteiger partial charge in [-0.15, -0.1) is 0 Å². The molecular formula is C37H39Cl2F2N4O5S2+. The van der Waals surface area contributed by atoms with Crippen molar-refractivity contribution in [3.8, 4) is 5.75 Å². The van der Waals surface area contributed by atoms with Gasteiger partial charge in [0.2, 0.25) is 10.0 Å². The molecule has 0 spiro atoms. The van der Waals surface area contributed by atoms with Gasteiger partial charge in [0.1, 0.15) is 30.0 Å². The predicted molar refractivity (Wildman–Crippen MR) is 201 cm³/mol. The van der Waals surface area contributed by atoms with E-state index in [4.69, 9.17) is 32.9 Å². The number of aliphatic imine (C=N–C) groups is 1. The monoisotopic (exact) mass is 791 g/mol. The summed E-state index contributed by atoms with van der Waals surface area (Å²) in [5, 5.41) is 10.6. The third kappa shape index (κ3) is 8.55. The van der Waals surface area contributed by atoms with E-state index in [1.54, 1.807) is 25.3 Å². The van der Waals surface area contributed by atoms with Gasteiger partial charge in [-0.3, -0.25) is 9.79 Å². The fourth-order valence-corrected chi connectivity index (χ4v) is 9.43. The van der Waals surface area contributed by atoms with E-state index in [1.165, 1.54) is 30.8 Å². The number of halogens is 4. The number of carbonyl (C=O) groups is 1. The molecule has 1 aromatic heterocycles. The Bertz CT molecular complexity index is 2030. The summed E-state index contributed by atoms with van der Waals surface area (Å²) in [5.74, 6) is -2.08. The first-order valence-electron chi connectivity index (χ1n) is 16.4. The molecule has 1 N–H and O–H groups in total. The van der Waals surface area contributed by atoms with Gasteiger partial charge >= 0.3 is 5.97 Å². The fourth-order valence-electron chi connectivity index (χ4n) is 6.04. The molecule has 3 aromatic carbocycles. The third-order valence-electron chi connectivity index (χ3n) is 9.18. The Labute approximate surface area is 316 Å². The Kier molecular flexibility index (Phi) is 12.5. The third-order valence-corrected chi connectivity index (χ3v) is 12.8. The molecule has 9 nitrogen and oxygen atoms in total. The Morgan fingerprint density at radius 1 is 1.10 bits per heavy atom. The number of aryl methyl sites for hydroxylation is 1. The summed E-state index contributed by atoms with van der Waals surface area (Å²) in [7, 11) is -2.92. The zero-order valence-corrected chi connectivity index (χ0v) is 32.1. The number of hydrogen-bond donors (Lipinski definition) is 1. The summed E-state index contributed by atoms with van der Waals surface area (Å²) in [6, 6.07) is 17.5. The molecule has 15 heteroatoms. The number of aromatic nitrogens is 1. The second kappa shape index (κ2) is 16.5. The minimum absolute atomic E-state index is 0.00696. The topological polar surface area (TPSA) is 103 Å². The number of nitrogens with zero attached hydrogens (tertiary/aromatic N) is 4. The van der Waals surface area contributed by atoms with Crippen molar-refractivity contribution in [2.75, 3.05) is 25.1 Å². The quantitative estimate of drug-likeness (QED) is 0.132. The highest BCUT2D eigenvalue weighted by atomic mass is 35.5. The van der Waals surface area contributed by atoms with Gasteiger partial charge in [0.05, 0.1) is 29.6 Å².